The number of Topliss-reactive ketones (excluding diaryl/α,β-unsaturated/α-hetero) is 1. The summed E-state index contributed by atoms with van der Waals surface area (Å²) in [7, 11) is 1.61. The van der Waals surface area contributed by atoms with Gasteiger partial charge in [-0.1, -0.05) is 24.3 Å². The lowest BCUT2D eigenvalue weighted by Gasteiger charge is -2.30. The van der Waals surface area contributed by atoms with E-state index < -0.39 is 12.1 Å². The quantitative estimate of drug-likeness (QED) is 0.909. The van der Waals surface area contributed by atoms with E-state index in [1.165, 1.54) is 0 Å². The van der Waals surface area contributed by atoms with Gasteiger partial charge in [-0.2, -0.15) is 0 Å². The fourth-order valence-corrected chi connectivity index (χ4v) is 2.37. The van der Waals surface area contributed by atoms with Crippen molar-refractivity contribution in [2.24, 2.45) is 5.73 Å². The van der Waals surface area contributed by atoms with Crippen molar-refractivity contribution in [2.45, 2.75) is 12.1 Å². The van der Waals surface area contributed by atoms with Crippen molar-refractivity contribution in [1.29, 1.82) is 0 Å². The number of hydrogen-bond acceptors (Lipinski definition) is 4. The average Bonchev–Trinajstić information content (AvgIpc) is 2.51. The van der Waals surface area contributed by atoms with E-state index in [2.05, 4.69) is 0 Å². The van der Waals surface area contributed by atoms with Crippen molar-refractivity contribution in [2.75, 3.05) is 7.11 Å². The Bertz CT molecular complexity index is 636. The Labute approximate surface area is 117 Å². The minimum atomic E-state index is -0.696. The first kappa shape index (κ1) is 12.7. The van der Waals surface area contributed by atoms with Crippen LogP contribution in [-0.2, 0) is 0 Å². The molecule has 0 fully saturated rings. The minimum Gasteiger partial charge on any atom is -0.497 e. The summed E-state index contributed by atoms with van der Waals surface area (Å²) in [5.74, 6) is 1.25. The molecule has 0 radical (unpaired) electrons. The number of para-hydroxylation sites is 1. The molecule has 3 rings (SSSR count). The number of ketones is 1. The lowest BCUT2D eigenvalue weighted by molar-refractivity contribution is 0.0789. The Morgan fingerprint density at radius 3 is 2.50 bits per heavy atom. The van der Waals surface area contributed by atoms with Crippen LogP contribution >= 0.6 is 0 Å². The van der Waals surface area contributed by atoms with Gasteiger partial charge < -0.3 is 15.2 Å². The molecule has 0 aliphatic carbocycles. The third kappa shape index (κ3) is 2.04. The van der Waals surface area contributed by atoms with Crippen LogP contribution in [0, 0.1) is 0 Å². The summed E-state index contributed by atoms with van der Waals surface area (Å²) in [6, 6.07) is 13.9. The molecule has 2 N–H and O–H groups in total. The fraction of sp³-hybridized carbons (Fsp3) is 0.188. The van der Waals surface area contributed by atoms with Crippen LogP contribution in [0.5, 0.6) is 11.5 Å². The second kappa shape index (κ2) is 4.98. The Balaban J connectivity index is 1.97. The SMILES string of the molecule is COc1ccc([C@@H]2Oc3ccccc3C(=O)[C@H]2N)cc1. The minimum absolute atomic E-state index is 0.0901. The number of methoxy groups -OCH3 is 1. The largest absolute Gasteiger partial charge is 0.497 e. The van der Waals surface area contributed by atoms with Crippen LogP contribution in [0.4, 0.5) is 0 Å². The van der Waals surface area contributed by atoms with Gasteiger partial charge in [0.05, 0.1) is 12.7 Å². The molecule has 0 spiro atoms. The van der Waals surface area contributed by atoms with Gasteiger partial charge in [-0.15, -0.1) is 0 Å². The van der Waals surface area contributed by atoms with Gasteiger partial charge in [-0.3, -0.25) is 4.79 Å². The Kier molecular flexibility index (Phi) is 3.16. The van der Waals surface area contributed by atoms with Crippen LogP contribution < -0.4 is 15.2 Å². The van der Waals surface area contributed by atoms with Gasteiger partial charge in [-0.05, 0) is 29.8 Å². The van der Waals surface area contributed by atoms with E-state index in [4.69, 9.17) is 15.2 Å². The molecule has 4 heteroatoms. The molecule has 102 valence electrons. The first-order valence-electron chi connectivity index (χ1n) is 6.40. The zero-order valence-corrected chi connectivity index (χ0v) is 11.1. The smallest absolute Gasteiger partial charge is 0.187 e. The van der Waals surface area contributed by atoms with Crippen LogP contribution in [0.25, 0.3) is 0 Å². The highest BCUT2D eigenvalue weighted by atomic mass is 16.5. The third-order valence-electron chi connectivity index (χ3n) is 3.48. The number of carbonyl (C=O) groups excluding carboxylic acids is 1. The standard InChI is InChI=1S/C16H15NO3/c1-19-11-8-6-10(7-9-11)16-14(17)15(18)12-4-2-3-5-13(12)20-16/h2-9,14,16H,17H2,1H3/t14-,16+/m1/s1. The topological polar surface area (TPSA) is 61.5 Å². The molecule has 0 saturated heterocycles. The van der Waals surface area contributed by atoms with Crippen molar-refractivity contribution in [3.8, 4) is 11.5 Å². The van der Waals surface area contributed by atoms with Crippen molar-refractivity contribution in [3.63, 3.8) is 0 Å². The van der Waals surface area contributed by atoms with Crippen LogP contribution in [0.15, 0.2) is 48.5 Å². The number of nitrogens with two attached hydrogens (primary N) is 1. The van der Waals surface area contributed by atoms with Crippen LogP contribution in [-0.4, -0.2) is 18.9 Å². The molecular weight excluding hydrogens is 254 g/mol. The van der Waals surface area contributed by atoms with Crippen molar-refractivity contribution in [3.05, 3.63) is 59.7 Å². The van der Waals surface area contributed by atoms with Gasteiger partial charge >= 0.3 is 0 Å². The molecule has 0 aromatic heterocycles. The van der Waals surface area contributed by atoms with E-state index >= 15 is 0 Å². The molecule has 20 heavy (non-hydrogen) atoms. The first-order chi connectivity index (χ1) is 9.70. The molecule has 1 aliphatic heterocycles. The molecule has 1 aliphatic rings. The van der Waals surface area contributed by atoms with Gasteiger partial charge in [0.15, 0.2) is 5.78 Å². The Hall–Kier alpha value is -2.33. The average molecular weight is 269 g/mol. The lowest BCUT2D eigenvalue weighted by Crippen LogP contribution is -2.42. The molecule has 2 aromatic carbocycles. The highest BCUT2D eigenvalue weighted by Gasteiger charge is 2.35. The summed E-state index contributed by atoms with van der Waals surface area (Å²) in [5.41, 5.74) is 7.44. The predicted octanol–water partition coefficient (Wildman–Crippen LogP) is 2.34. The second-order valence-corrected chi connectivity index (χ2v) is 4.70. The molecule has 4 nitrogen and oxygen atoms in total. The first-order valence-corrected chi connectivity index (χ1v) is 6.40. The molecule has 2 atom stereocenters. The lowest BCUT2D eigenvalue weighted by atomic mass is 9.92. The van der Waals surface area contributed by atoms with Crippen molar-refractivity contribution in [1.82, 2.24) is 0 Å². The maximum atomic E-state index is 12.3. The van der Waals surface area contributed by atoms with E-state index in [1.54, 1.807) is 25.3 Å². The number of fused-ring (bicyclic) bond motifs is 1. The van der Waals surface area contributed by atoms with Crippen LogP contribution in [0.2, 0.25) is 0 Å². The highest BCUT2D eigenvalue weighted by molar-refractivity contribution is 6.03. The fourth-order valence-electron chi connectivity index (χ4n) is 2.37. The van der Waals surface area contributed by atoms with Gasteiger partial charge in [0.1, 0.15) is 23.6 Å². The van der Waals surface area contributed by atoms with Crippen molar-refractivity contribution >= 4 is 5.78 Å². The highest BCUT2D eigenvalue weighted by Crippen LogP contribution is 2.34. The molecule has 1 heterocycles. The molecule has 0 unspecified atom stereocenters. The second-order valence-electron chi connectivity index (χ2n) is 4.70. The molecule has 0 saturated carbocycles. The maximum Gasteiger partial charge on any atom is 0.187 e. The van der Waals surface area contributed by atoms with Gasteiger partial charge in [0.2, 0.25) is 0 Å². The summed E-state index contributed by atoms with van der Waals surface area (Å²) in [5, 5.41) is 0. The molecule has 0 amide bonds. The maximum absolute atomic E-state index is 12.3. The van der Waals surface area contributed by atoms with Crippen LogP contribution in [0.1, 0.15) is 22.0 Å². The van der Waals surface area contributed by atoms with Crippen LogP contribution in [0.3, 0.4) is 0 Å². The molecular formula is C16H15NO3. The third-order valence-corrected chi connectivity index (χ3v) is 3.48. The summed E-state index contributed by atoms with van der Waals surface area (Å²) >= 11 is 0. The predicted molar refractivity (Wildman–Crippen MR) is 75.1 cm³/mol. The normalized spacial score (nSPS) is 21.0. The van der Waals surface area contributed by atoms with Gasteiger partial charge in [0, 0.05) is 0 Å². The van der Waals surface area contributed by atoms with Crippen molar-refractivity contribution < 1.29 is 14.3 Å². The number of ether oxygens (including phenoxy) is 2. The summed E-state index contributed by atoms with van der Waals surface area (Å²) in [4.78, 5) is 12.3. The number of rotatable bonds is 2. The van der Waals surface area contributed by atoms with Gasteiger partial charge in [0.25, 0.3) is 0 Å². The van der Waals surface area contributed by atoms with E-state index in [9.17, 15) is 4.79 Å². The zero-order valence-electron chi connectivity index (χ0n) is 11.1. The number of hydrogen-bond donors (Lipinski definition) is 1. The van der Waals surface area contributed by atoms with Gasteiger partial charge in [-0.25, -0.2) is 0 Å². The molecule has 0 bridgehead atoms. The Morgan fingerprint density at radius 2 is 1.80 bits per heavy atom. The van der Waals surface area contributed by atoms with E-state index in [0.717, 1.165) is 11.3 Å². The zero-order chi connectivity index (χ0) is 14.1. The number of carbonyl (C=O) groups is 1. The summed E-state index contributed by atoms with van der Waals surface area (Å²) < 4.78 is 11.0. The summed E-state index contributed by atoms with van der Waals surface area (Å²) in [6.45, 7) is 0. The summed E-state index contributed by atoms with van der Waals surface area (Å²) in [6.07, 6.45) is -0.469. The van der Waals surface area contributed by atoms with E-state index in [0.29, 0.717) is 11.3 Å². The Morgan fingerprint density at radius 1 is 1.10 bits per heavy atom. The van der Waals surface area contributed by atoms with E-state index in [-0.39, 0.29) is 5.78 Å². The molecule has 2 aromatic rings. The number of benzene rings is 2. The van der Waals surface area contributed by atoms with E-state index in [1.807, 2.05) is 30.3 Å². The monoisotopic (exact) mass is 269 g/mol.